The third-order valence-electron chi connectivity index (χ3n) is 4.09. The van der Waals surface area contributed by atoms with E-state index < -0.39 is 0 Å². The number of nitrogens with one attached hydrogen (secondary N) is 1. The van der Waals surface area contributed by atoms with Gasteiger partial charge in [0, 0.05) is 5.69 Å². The molecular weight excluding hydrogens is 226 g/mol. The average molecular weight is 249 g/mol. The van der Waals surface area contributed by atoms with Crippen LogP contribution in [0.15, 0.2) is 24.3 Å². The van der Waals surface area contributed by atoms with Crippen LogP contribution in [0.3, 0.4) is 0 Å². The highest BCUT2D eigenvalue weighted by atomic mass is 16.5. The zero-order valence-electron chi connectivity index (χ0n) is 11.3. The third kappa shape index (κ3) is 2.78. The van der Waals surface area contributed by atoms with E-state index in [4.69, 9.17) is 4.74 Å². The normalized spacial score (nSPS) is 27.2. The number of benzene rings is 1. The number of rotatable bonds is 5. The molecule has 1 aliphatic carbocycles. The summed E-state index contributed by atoms with van der Waals surface area (Å²) in [4.78, 5) is 0. The maximum Gasteiger partial charge on any atom is 0.119 e. The molecule has 0 bridgehead atoms. The van der Waals surface area contributed by atoms with Gasteiger partial charge in [-0.15, -0.1) is 0 Å². The molecule has 1 aromatic rings. The molecule has 1 aromatic carbocycles. The lowest BCUT2D eigenvalue weighted by atomic mass is 9.95. The van der Waals surface area contributed by atoms with Gasteiger partial charge in [0.2, 0.25) is 0 Å². The van der Waals surface area contributed by atoms with E-state index in [2.05, 4.69) is 12.2 Å². The molecule has 2 unspecified atom stereocenters. The predicted octanol–water partition coefficient (Wildman–Crippen LogP) is 3.05. The molecule has 0 heterocycles. The number of anilines is 1. The molecule has 0 aliphatic heterocycles. The quantitative estimate of drug-likeness (QED) is 0.842. The Balaban J connectivity index is 2.05. The van der Waals surface area contributed by atoms with Crippen LogP contribution in [-0.2, 0) is 0 Å². The molecule has 3 heteroatoms. The van der Waals surface area contributed by atoms with Gasteiger partial charge in [0.25, 0.3) is 0 Å². The fourth-order valence-corrected chi connectivity index (χ4v) is 2.86. The minimum absolute atomic E-state index is 0.130. The fourth-order valence-electron chi connectivity index (χ4n) is 2.86. The largest absolute Gasteiger partial charge is 0.497 e. The molecule has 2 rings (SSSR count). The van der Waals surface area contributed by atoms with Crippen LogP contribution in [0.2, 0.25) is 0 Å². The summed E-state index contributed by atoms with van der Waals surface area (Å²) in [6.07, 6.45) is 4.52. The van der Waals surface area contributed by atoms with Crippen molar-refractivity contribution in [2.45, 2.75) is 38.1 Å². The average Bonchev–Trinajstić information content (AvgIpc) is 2.84. The molecule has 0 radical (unpaired) electrons. The second-order valence-corrected chi connectivity index (χ2v) is 5.31. The van der Waals surface area contributed by atoms with Gasteiger partial charge in [-0.2, -0.15) is 0 Å². The van der Waals surface area contributed by atoms with Crippen LogP contribution in [0.25, 0.3) is 0 Å². The van der Waals surface area contributed by atoms with Crippen molar-refractivity contribution in [2.75, 3.05) is 19.0 Å². The Hall–Kier alpha value is -1.22. The van der Waals surface area contributed by atoms with Crippen molar-refractivity contribution >= 4 is 5.69 Å². The smallest absolute Gasteiger partial charge is 0.119 e. The van der Waals surface area contributed by atoms with Crippen molar-refractivity contribution in [3.05, 3.63) is 24.3 Å². The Bertz CT molecular complexity index is 377. The first-order valence-corrected chi connectivity index (χ1v) is 6.74. The number of aliphatic hydroxyl groups excluding tert-OH is 1. The van der Waals surface area contributed by atoms with Crippen molar-refractivity contribution in [1.29, 1.82) is 0 Å². The van der Waals surface area contributed by atoms with Crippen LogP contribution >= 0.6 is 0 Å². The second-order valence-electron chi connectivity index (χ2n) is 5.31. The van der Waals surface area contributed by atoms with E-state index >= 15 is 0 Å². The zero-order valence-corrected chi connectivity index (χ0v) is 11.3. The number of hydrogen-bond acceptors (Lipinski definition) is 3. The molecule has 0 amide bonds. The van der Waals surface area contributed by atoms with E-state index in [0.717, 1.165) is 30.2 Å². The van der Waals surface area contributed by atoms with Crippen molar-refractivity contribution in [3.8, 4) is 5.75 Å². The molecule has 0 saturated heterocycles. The van der Waals surface area contributed by atoms with Gasteiger partial charge >= 0.3 is 0 Å². The summed E-state index contributed by atoms with van der Waals surface area (Å²) in [7, 11) is 1.67. The standard InChI is InChI=1S/C15H23NO2/c1-3-12-8-9-15(10-12,11-17)16-13-4-6-14(18-2)7-5-13/h4-7,12,16-17H,3,8-11H2,1-2H3. The molecular formula is C15H23NO2. The van der Waals surface area contributed by atoms with Gasteiger partial charge in [-0.25, -0.2) is 0 Å². The van der Waals surface area contributed by atoms with E-state index in [0.29, 0.717) is 0 Å². The Morgan fingerprint density at radius 1 is 1.39 bits per heavy atom. The zero-order chi connectivity index (χ0) is 13.0. The minimum atomic E-state index is -0.130. The van der Waals surface area contributed by atoms with Crippen LogP contribution in [0.5, 0.6) is 5.75 Å². The lowest BCUT2D eigenvalue weighted by Crippen LogP contribution is -2.39. The summed E-state index contributed by atoms with van der Waals surface area (Å²) in [5, 5.41) is 13.2. The summed E-state index contributed by atoms with van der Waals surface area (Å²) in [5.74, 6) is 1.60. The van der Waals surface area contributed by atoms with E-state index in [9.17, 15) is 5.11 Å². The van der Waals surface area contributed by atoms with E-state index in [-0.39, 0.29) is 12.1 Å². The molecule has 1 saturated carbocycles. The number of methoxy groups -OCH3 is 1. The maximum absolute atomic E-state index is 9.70. The second kappa shape index (κ2) is 5.61. The monoisotopic (exact) mass is 249 g/mol. The molecule has 18 heavy (non-hydrogen) atoms. The number of aliphatic hydroxyl groups is 1. The van der Waals surface area contributed by atoms with E-state index in [1.54, 1.807) is 7.11 Å². The van der Waals surface area contributed by atoms with E-state index in [1.165, 1.54) is 12.8 Å². The van der Waals surface area contributed by atoms with Gasteiger partial charge in [-0.05, 0) is 49.4 Å². The maximum atomic E-state index is 9.70. The van der Waals surface area contributed by atoms with Crippen LogP contribution in [0, 0.1) is 5.92 Å². The summed E-state index contributed by atoms with van der Waals surface area (Å²) in [5.41, 5.74) is 0.927. The molecule has 0 aromatic heterocycles. The van der Waals surface area contributed by atoms with Gasteiger partial charge in [0.05, 0.1) is 19.3 Å². The van der Waals surface area contributed by atoms with Gasteiger partial charge in [-0.1, -0.05) is 13.3 Å². The molecule has 2 atom stereocenters. The predicted molar refractivity (Wildman–Crippen MR) is 74.1 cm³/mol. The summed E-state index contributed by atoms with van der Waals surface area (Å²) in [6.45, 7) is 2.43. The Morgan fingerprint density at radius 3 is 2.61 bits per heavy atom. The highest BCUT2D eigenvalue weighted by molar-refractivity contribution is 5.48. The highest BCUT2D eigenvalue weighted by Gasteiger charge is 2.37. The van der Waals surface area contributed by atoms with Gasteiger partial charge in [-0.3, -0.25) is 0 Å². The van der Waals surface area contributed by atoms with Gasteiger partial charge in [0.1, 0.15) is 5.75 Å². The van der Waals surface area contributed by atoms with Crippen LogP contribution in [-0.4, -0.2) is 24.4 Å². The summed E-state index contributed by atoms with van der Waals surface area (Å²) >= 11 is 0. The lowest BCUT2D eigenvalue weighted by molar-refractivity contribution is 0.210. The fraction of sp³-hybridized carbons (Fsp3) is 0.600. The Morgan fingerprint density at radius 2 is 2.11 bits per heavy atom. The van der Waals surface area contributed by atoms with Crippen LogP contribution < -0.4 is 10.1 Å². The van der Waals surface area contributed by atoms with Gasteiger partial charge < -0.3 is 15.2 Å². The van der Waals surface area contributed by atoms with Crippen molar-refractivity contribution in [3.63, 3.8) is 0 Å². The first-order valence-electron chi connectivity index (χ1n) is 6.74. The van der Waals surface area contributed by atoms with Crippen molar-refractivity contribution in [1.82, 2.24) is 0 Å². The summed E-state index contributed by atoms with van der Waals surface area (Å²) < 4.78 is 5.15. The molecule has 100 valence electrons. The van der Waals surface area contributed by atoms with Gasteiger partial charge in [0.15, 0.2) is 0 Å². The molecule has 0 spiro atoms. The molecule has 2 N–H and O–H groups in total. The van der Waals surface area contributed by atoms with Crippen molar-refractivity contribution in [2.24, 2.45) is 5.92 Å². The van der Waals surface area contributed by atoms with Crippen molar-refractivity contribution < 1.29 is 9.84 Å². The number of hydrogen-bond donors (Lipinski definition) is 2. The topological polar surface area (TPSA) is 41.5 Å². The third-order valence-corrected chi connectivity index (χ3v) is 4.09. The first kappa shape index (κ1) is 13.2. The summed E-state index contributed by atoms with van der Waals surface area (Å²) in [6, 6.07) is 7.91. The molecule has 1 fully saturated rings. The Labute approximate surface area is 109 Å². The first-order chi connectivity index (χ1) is 8.71. The molecule has 1 aliphatic rings. The number of ether oxygens (including phenoxy) is 1. The van der Waals surface area contributed by atoms with E-state index in [1.807, 2.05) is 24.3 Å². The Kier molecular flexibility index (Phi) is 4.12. The lowest BCUT2D eigenvalue weighted by Gasteiger charge is -2.30. The SMILES string of the molecule is CCC1CCC(CO)(Nc2ccc(OC)cc2)C1. The van der Waals surface area contributed by atoms with Crippen LogP contribution in [0.4, 0.5) is 5.69 Å². The minimum Gasteiger partial charge on any atom is -0.497 e. The van der Waals surface area contributed by atoms with Crippen LogP contribution in [0.1, 0.15) is 32.6 Å². The highest BCUT2D eigenvalue weighted by Crippen LogP contribution is 2.38. The molecule has 3 nitrogen and oxygen atoms in total.